The summed E-state index contributed by atoms with van der Waals surface area (Å²) in [7, 11) is 0. The lowest BCUT2D eigenvalue weighted by atomic mass is 9.80. The molecule has 0 amide bonds. The van der Waals surface area contributed by atoms with E-state index in [0.717, 1.165) is 37.6 Å². The van der Waals surface area contributed by atoms with Crippen molar-refractivity contribution in [1.82, 2.24) is 5.32 Å². The number of rotatable bonds is 4. The van der Waals surface area contributed by atoms with Crippen LogP contribution in [0.2, 0.25) is 0 Å². The quantitative estimate of drug-likeness (QED) is 0.847. The highest BCUT2D eigenvalue weighted by Gasteiger charge is 2.40. The third-order valence-electron chi connectivity index (χ3n) is 5.13. The molecule has 0 radical (unpaired) electrons. The number of nitrogens with one attached hydrogen (secondary N) is 1. The average Bonchev–Trinajstić information content (AvgIpc) is 2.78. The summed E-state index contributed by atoms with van der Waals surface area (Å²) in [6.07, 6.45) is 7.20. The highest BCUT2D eigenvalue weighted by Crippen LogP contribution is 2.36. The molecule has 0 saturated heterocycles. The molecule has 2 rings (SSSR count). The molecule has 2 saturated carbocycles. The Morgan fingerprint density at radius 1 is 1.21 bits per heavy atom. The predicted molar refractivity (Wildman–Crippen MR) is 76.7 cm³/mol. The Bertz CT molecular complexity index is 338. The summed E-state index contributed by atoms with van der Waals surface area (Å²) in [6.45, 7) is 7.62. The fraction of sp³-hybridized carbons (Fsp3) is 0.938. The molecule has 0 aromatic carbocycles. The second-order valence-electron chi connectivity index (χ2n) is 6.61. The number of nitriles is 1. The van der Waals surface area contributed by atoms with Crippen LogP contribution in [0.3, 0.4) is 0 Å². The topological polar surface area (TPSA) is 45.0 Å². The lowest BCUT2D eigenvalue weighted by Gasteiger charge is -2.33. The molecule has 3 heteroatoms. The van der Waals surface area contributed by atoms with Crippen LogP contribution < -0.4 is 5.32 Å². The van der Waals surface area contributed by atoms with Crippen LogP contribution in [0.15, 0.2) is 0 Å². The summed E-state index contributed by atoms with van der Waals surface area (Å²) in [5.74, 6) is 1.61. The Kier molecular flexibility index (Phi) is 4.86. The summed E-state index contributed by atoms with van der Waals surface area (Å²) < 4.78 is 6.28. The minimum atomic E-state index is -0.326. The van der Waals surface area contributed by atoms with Gasteiger partial charge in [-0.05, 0) is 50.5 Å². The fourth-order valence-electron chi connectivity index (χ4n) is 3.65. The first-order valence-electron chi connectivity index (χ1n) is 7.90. The number of hydrogen-bond donors (Lipinski definition) is 1. The summed E-state index contributed by atoms with van der Waals surface area (Å²) >= 11 is 0. The number of nitrogens with zero attached hydrogens (tertiary/aromatic N) is 1. The van der Waals surface area contributed by atoms with Crippen molar-refractivity contribution in [2.75, 3.05) is 6.54 Å². The maximum atomic E-state index is 9.38. The molecule has 0 aromatic rings. The van der Waals surface area contributed by atoms with Gasteiger partial charge in [-0.2, -0.15) is 5.26 Å². The first kappa shape index (κ1) is 14.8. The zero-order valence-electron chi connectivity index (χ0n) is 12.6. The van der Waals surface area contributed by atoms with E-state index in [-0.39, 0.29) is 11.6 Å². The molecule has 3 nitrogen and oxygen atoms in total. The molecule has 0 spiro atoms. The van der Waals surface area contributed by atoms with Crippen molar-refractivity contribution in [2.24, 2.45) is 11.8 Å². The monoisotopic (exact) mass is 264 g/mol. The van der Waals surface area contributed by atoms with Gasteiger partial charge in [0, 0.05) is 6.42 Å². The summed E-state index contributed by atoms with van der Waals surface area (Å²) in [6, 6.07) is 2.47. The smallest absolute Gasteiger partial charge is 0.109 e. The van der Waals surface area contributed by atoms with Crippen molar-refractivity contribution in [1.29, 1.82) is 5.26 Å². The Labute approximate surface area is 117 Å². The van der Waals surface area contributed by atoms with Gasteiger partial charge >= 0.3 is 0 Å². The third-order valence-corrected chi connectivity index (χ3v) is 5.13. The van der Waals surface area contributed by atoms with E-state index in [9.17, 15) is 5.26 Å². The largest absolute Gasteiger partial charge is 0.375 e. The molecule has 2 fully saturated rings. The van der Waals surface area contributed by atoms with E-state index in [0.29, 0.717) is 6.10 Å². The van der Waals surface area contributed by atoms with E-state index in [1.54, 1.807) is 0 Å². The highest BCUT2D eigenvalue weighted by molar-refractivity contribution is 5.12. The predicted octanol–water partition coefficient (Wildman–Crippen LogP) is 3.25. The van der Waals surface area contributed by atoms with Crippen molar-refractivity contribution < 1.29 is 4.74 Å². The van der Waals surface area contributed by atoms with E-state index < -0.39 is 0 Å². The molecule has 2 aliphatic rings. The van der Waals surface area contributed by atoms with E-state index in [4.69, 9.17) is 4.74 Å². The second-order valence-corrected chi connectivity index (χ2v) is 6.61. The zero-order chi connectivity index (χ0) is 13.9. The van der Waals surface area contributed by atoms with Crippen molar-refractivity contribution in [3.63, 3.8) is 0 Å². The van der Waals surface area contributed by atoms with Gasteiger partial charge in [0.2, 0.25) is 0 Å². The van der Waals surface area contributed by atoms with Gasteiger partial charge in [0.05, 0.1) is 18.3 Å². The average molecular weight is 264 g/mol. The molecule has 5 unspecified atom stereocenters. The lowest BCUT2D eigenvalue weighted by Crippen LogP contribution is -2.42. The van der Waals surface area contributed by atoms with Gasteiger partial charge in [-0.3, -0.25) is 5.32 Å². The highest BCUT2D eigenvalue weighted by atomic mass is 16.5. The van der Waals surface area contributed by atoms with Crippen LogP contribution in [-0.4, -0.2) is 24.3 Å². The molecule has 1 N–H and O–H groups in total. The van der Waals surface area contributed by atoms with Crippen LogP contribution in [0.5, 0.6) is 0 Å². The normalized spacial score (nSPS) is 43.1. The Balaban J connectivity index is 1.84. The van der Waals surface area contributed by atoms with E-state index in [1.165, 1.54) is 19.3 Å². The Morgan fingerprint density at radius 3 is 2.63 bits per heavy atom. The summed E-state index contributed by atoms with van der Waals surface area (Å²) in [5.41, 5.74) is -0.326. The zero-order valence-corrected chi connectivity index (χ0v) is 12.6. The molecule has 0 aliphatic heterocycles. The third kappa shape index (κ3) is 3.49. The first-order chi connectivity index (χ1) is 9.08. The van der Waals surface area contributed by atoms with Crippen molar-refractivity contribution in [3.05, 3.63) is 0 Å². The van der Waals surface area contributed by atoms with Crippen LogP contribution in [-0.2, 0) is 4.74 Å². The second kappa shape index (κ2) is 6.24. The van der Waals surface area contributed by atoms with Gasteiger partial charge in [-0.25, -0.2) is 0 Å². The number of hydrogen-bond acceptors (Lipinski definition) is 3. The molecule has 0 heterocycles. The molecule has 0 aromatic heterocycles. The minimum Gasteiger partial charge on any atom is -0.375 e. The van der Waals surface area contributed by atoms with Crippen LogP contribution in [0.4, 0.5) is 0 Å². The first-order valence-corrected chi connectivity index (χ1v) is 7.90. The molecule has 19 heavy (non-hydrogen) atoms. The van der Waals surface area contributed by atoms with Gasteiger partial charge in [-0.1, -0.05) is 20.8 Å². The van der Waals surface area contributed by atoms with Gasteiger partial charge in [0.15, 0.2) is 0 Å². The van der Waals surface area contributed by atoms with Gasteiger partial charge < -0.3 is 4.74 Å². The molecule has 108 valence electrons. The fourth-order valence-corrected chi connectivity index (χ4v) is 3.65. The van der Waals surface area contributed by atoms with Crippen molar-refractivity contribution in [2.45, 2.75) is 77.0 Å². The van der Waals surface area contributed by atoms with Gasteiger partial charge in [-0.15, -0.1) is 0 Å². The van der Waals surface area contributed by atoms with Crippen LogP contribution in [0.1, 0.15) is 59.3 Å². The SMILES string of the molecule is CCNC1(C#N)CCC(OC2CCC(C)C(C)C2)C1. The molecular weight excluding hydrogens is 236 g/mol. The summed E-state index contributed by atoms with van der Waals surface area (Å²) in [4.78, 5) is 0. The lowest BCUT2D eigenvalue weighted by molar-refractivity contribution is -0.0455. The van der Waals surface area contributed by atoms with E-state index in [2.05, 4.69) is 32.2 Å². The summed E-state index contributed by atoms with van der Waals surface area (Å²) in [5, 5.41) is 12.7. The van der Waals surface area contributed by atoms with Crippen LogP contribution >= 0.6 is 0 Å². The van der Waals surface area contributed by atoms with Crippen molar-refractivity contribution >= 4 is 0 Å². The minimum absolute atomic E-state index is 0.282. The Morgan fingerprint density at radius 2 is 2.00 bits per heavy atom. The van der Waals surface area contributed by atoms with Gasteiger partial charge in [0.1, 0.15) is 5.54 Å². The van der Waals surface area contributed by atoms with Crippen LogP contribution in [0.25, 0.3) is 0 Å². The standard InChI is InChI=1S/C16H28N2O/c1-4-18-16(11-17)8-7-15(10-16)19-14-6-5-12(2)13(3)9-14/h12-15,18H,4-10H2,1-3H3. The Hall–Kier alpha value is -0.590. The number of ether oxygens (including phenoxy) is 1. The maximum absolute atomic E-state index is 9.38. The van der Waals surface area contributed by atoms with Gasteiger partial charge in [0.25, 0.3) is 0 Å². The maximum Gasteiger partial charge on any atom is 0.109 e. The molecule has 5 atom stereocenters. The van der Waals surface area contributed by atoms with E-state index in [1.807, 2.05) is 0 Å². The van der Waals surface area contributed by atoms with Crippen LogP contribution in [0, 0.1) is 23.2 Å². The molecule has 0 bridgehead atoms. The van der Waals surface area contributed by atoms with Crippen molar-refractivity contribution in [3.8, 4) is 6.07 Å². The van der Waals surface area contributed by atoms with E-state index >= 15 is 0 Å². The molecular formula is C16H28N2O. The molecule has 2 aliphatic carbocycles.